The summed E-state index contributed by atoms with van der Waals surface area (Å²) < 4.78 is 0. The number of benzene rings is 1. The van der Waals surface area contributed by atoms with E-state index >= 15 is 0 Å². The summed E-state index contributed by atoms with van der Waals surface area (Å²) in [5, 5.41) is 7.88. The zero-order valence-electron chi connectivity index (χ0n) is 8.61. The zero-order valence-corrected chi connectivity index (χ0v) is 10.1. The normalized spacial score (nSPS) is 10.9. The Morgan fingerprint density at radius 1 is 1.12 bits per heavy atom. The summed E-state index contributed by atoms with van der Waals surface area (Å²) in [5.41, 5.74) is 3.47. The van der Waals surface area contributed by atoms with Crippen molar-refractivity contribution < 1.29 is 0 Å². The van der Waals surface area contributed by atoms with Crippen molar-refractivity contribution in [3.63, 3.8) is 0 Å². The molecule has 1 aromatic carbocycles. The molecular formula is C12H7Cl2N3. The molecule has 2 aromatic heterocycles. The van der Waals surface area contributed by atoms with Crippen LogP contribution < -0.4 is 0 Å². The molecule has 0 aliphatic carbocycles. The van der Waals surface area contributed by atoms with Crippen LogP contribution in [0.3, 0.4) is 0 Å². The number of nitrogens with one attached hydrogen (secondary N) is 1. The maximum absolute atomic E-state index is 6.17. The van der Waals surface area contributed by atoms with Gasteiger partial charge in [-0.15, -0.1) is 0 Å². The lowest BCUT2D eigenvalue weighted by Crippen LogP contribution is -1.83. The van der Waals surface area contributed by atoms with Crippen LogP contribution in [-0.2, 0) is 0 Å². The topological polar surface area (TPSA) is 41.6 Å². The minimum Gasteiger partial charge on any atom is -0.276 e. The number of hydrogen-bond acceptors (Lipinski definition) is 2. The maximum Gasteiger partial charge on any atom is 0.108 e. The molecule has 0 radical (unpaired) electrons. The van der Waals surface area contributed by atoms with Crippen LogP contribution in [0, 0.1) is 0 Å². The first-order valence-electron chi connectivity index (χ1n) is 4.99. The second kappa shape index (κ2) is 4.02. The van der Waals surface area contributed by atoms with Gasteiger partial charge in [0.2, 0.25) is 0 Å². The van der Waals surface area contributed by atoms with Gasteiger partial charge in [-0.3, -0.25) is 10.1 Å². The summed E-state index contributed by atoms with van der Waals surface area (Å²) in [6.07, 6.45) is 3.44. The van der Waals surface area contributed by atoms with Crippen LogP contribution in [0.25, 0.3) is 22.2 Å². The first-order valence-corrected chi connectivity index (χ1v) is 5.75. The van der Waals surface area contributed by atoms with Crippen molar-refractivity contribution in [1.82, 2.24) is 15.2 Å². The third-order valence-corrected chi connectivity index (χ3v) is 3.37. The summed E-state index contributed by atoms with van der Waals surface area (Å²) in [7, 11) is 0. The molecule has 5 heteroatoms. The van der Waals surface area contributed by atoms with Crippen molar-refractivity contribution in [3.05, 3.63) is 46.7 Å². The molecule has 1 N–H and O–H groups in total. The number of nitrogens with zero attached hydrogens (tertiary/aromatic N) is 2. The van der Waals surface area contributed by atoms with E-state index in [4.69, 9.17) is 23.2 Å². The van der Waals surface area contributed by atoms with E-state index in [0.717, 1.165) is 22.2 Å². The molecule has 0 saturated carbocycles. The van der Waals surface area contributed by atoms with Crippen LogP contribution in [-0.4, -0.2) is 15.2 Å². The van der Waals surface area contributed by atoms with Gasteiger partial charge in [0.1, 0.15) is 5.52 Å². The number of rotatable bonds is 1. The fourth-order valence-electron chi connectivity index (χ4n) is 1.70. The van der Waals surface area contributed by atoms with Crippen molar-refractivity contribution in [1.29, 1.82) is 0 Å². The van der Waals surface area contributed by atoms with E-state index in [1.54, 1.807) is 18.5 Å². The number of aromatic amines is 1. The van der Waals surface area contributed by atoms with Crippen LogP contribution in [0.1, 0.15) is 0 Å². The van der Waals surface area contributed by atoms with Gasteiger partial charge in [0, 0.05) is 17.3 Å². The highest BCUT2D eigenvalue weighted by Gasteiger charge is 2.08. The third-order valence-electron chi connectivity index (χ3n) is 2.55. The first kappa shape index (κ1) is 10.6. The van der Waals surface area contributed by atoms with E-state index in [0.29, 0.717) is 10.0 Å². The van der Waals surface area contributed by atoms with Crippen LogP contribution in [0.2, 0.25) is 10.0 Å². The molecule has 84 valence electrons. The highest BCUT2D eigenvalue weighted by atomic mass is 35.5. The second-order valence-electron chi connectivity index (χ2n) is 3.63. The minimum absolute atomic E-state index is 0.536. The molecule has 0 spiro atoms. The summed E-state index contributed by atoms with van der Waals surface area (Å²) in [4.78, 5) is 4.29. The van der Waals surface area contributed by atoms with Gasteiger partial charge in [0.15, 0.2) is 0 Å². The molecule has 3 nitrogen and oxygen atoms in total. The Bertz CT molecular complexity index is 691. The third kappa shape index (κ3) is 1.77. The fourth-order valence-corrected chi connectivity index (χ4v) is 2.11. The average molecular weight is 264 g/mol. The lowest BCUT2D eigenvalue weighted by Gasteiger charge is -2.05. The minimum atomic E-state index is 0.536. The molecule has 0 saturated heterocycles. The summed E-state index contributed by atoms with van der Waals surface area (Å²) >= 11 is 12.2. The summed E-state index contributed by atoms with van der Waals surface area (Å²) in [5.74, 6) is 0. The Morgan fingerprint density at radius 2 is 2.00 bits per heavy atom. The number of aromatic nitrogens is 3. The quantitative estimate of drug-likeness (QED) is 0.723. The van der Waals surface area contributed by atoms with Crippen molar-refractivity contribution in [2.45, 2.75) is 0 Å². The molecule has 0 unspecified atom stereocenters. The Kier molecular flexibility index (Phi) is 2.50. The summed E-state index contributed by atoms with van der Waals surface area (Å²) in [6, 6.07) is 7.48. The Balaban J connectivity index is 2.23. The molecular weight excluding hydrogens is 257 g/mol. The summed E-state index contributed by atoms with van der Waals surface area (Å²) in [6.45, 7) is 0. The van der Waals surface area contributed by atoms with Crippen molar-refractivity contribution in [2.75, 3.05) is 0 Å². The number of halogens is 2. The van der Waals surface area contributed by atoms with Crippen molar-refractivity contribution in [3.8, 4) is 11.1 Å². The molecule has 3 aromatic rings. The zero-order chi connectivity index (χ0) is 11.8. The van der Waals surface area contributed by atoms with E-state index in [9.17, 15) is 0 Å². The molecule has 0 fully saturated rings. The second-order valence-corrected chi connectivity index (χ2v) is 4.41. The average Bonchev–Trinajstić information content (AvgIpc) is 2.79. The van der Waals surface area contributed by atoms with E-state index in [2.05, 4.69) is 15.2 Å². The smallest absolute Gasteiger partial charge is 0.108 e. The maximum atomic E-state index is 6.17. The Labute approximate surface area is 107 Å². The molecule has 0 aliphatic rings. The van der Waals surface area contributed by atoms with Gasteiger partial charge in [-0.2, -0.15) is 5.10 Å². The van der Waals surface area contributed by atoms with Gasteiger partial charge < -0.3 is 0 Å². The van der Waals surface area contributed by atoms with E-state index in [1.807, 2.05) is 18.2 Å². The molecule has 3 rings (SSSR count). The van der Waals surface area contributed by atoms with E-state index in [1.165, 1.54) is 0 Å². The highest BCUT2D eigenvalue weighted by Crippen LogP contribution is 2.33. The SMILES string of the molecule is Clc1cccc(-c2cnc3cn[nH]c3c2)c1Cl. The highest BCUT2D eigenvalue weighted by molar-refractivity contribution is 6.43. The van der Waals surface area contributed by atoms with Gasteiger partial charge in [-0.05, 0) is 12.1 Å². The lowest BCUT2D eigenvalue weighted by atomic mass is 10.1. The molecule has 0 atom stereocenters. The van der Waals surface area contributed by atoms with Crippen LogP contribution in [0.5, 0.6) is 0 Å². The van der Waals surface area contributed by atoms with Gasteiger partial charge in [0.05, 0.1) is 21.8 Å². The molecule has 0 amide bonds. The molecule has 0 aliphatic heterocycles. The predicted octanol–water partition coefficient (Wildman–Crippen LogP) is 3.93. The van der Waals surface area contributed by atoms with Gasteiger partial charge in [-0.25, -0.2) is 0 Å². The standard InChI is InChI=1S/C12H7Cl2N3/c13-9-3-1-2-8(12(9)14)7-4-10-11(15-5-7)6-16-17-10/h1-6H,(H,16,17). The van der Waals surface area contributed by atoms with Gasteiger partial charge >= 0.3 is 0 Å². The first-order chi connectivity index (χ1) is 8.25. The van der Waals surface area contributed by atoms with E-state index < -0.39 is 0 Å². The fraction of sp³-hybridized carbons (Fsp3) is 0. The molecule has 17 heavy (non-hydrogen) atoms. The Hall–Kier alpha value is -1.58. The number of H-pyrrole nitrogens is 1. The molecule has 0 bridgehead atoms. The van der Waals surface area contributed by atoms with Crippen LogP contribution >= 0.6 is 23.2 Å². The number of hydrogen-bond donors (Lipinski definition) is 1. The largest absolute Gasteiger partial charge is 0.276 e. The van der Waals surface area contributed by atoms with Gasteiger partial charge in [0.25, 0.3) is 0 Å². The number of pyridine rings is 1. The lowest BCUT2D eigenvalue weighted by molar-refractivity contribution is 1.12. The van der Waals surface area contributed by atoms with E-state index in [-0.39, 0.29) is 0 Å². The number of fused-ring (bicyclic) bond motifs is 1. The van der Waals surface area contributed by atoms with Crippen molar-refractivity contribution in [2.24, 2.45) is 0 Å². The van der Waals surface area contributed by atoms with Crippen LogP contribution in [0.15, 0.2) is 36.7 Å². The van der Waals surface area contributed by atoms with Crippen LogP contribution in [0.4, 0.5) is 0 Å². The Morgan fingerprint density at radius 3 is 2.88 bits per heavy atom. The van der Waals surface area contributed by atoms with Crippen molar-refractivity contribution >= 4 is 34.2 Å². The molecule has 2 heterocycles. The van der Waals surface area contributed by atoms with Gasteiger partial charge in [-0.1, -0.05) is 35.3 Å². The predicted molar refractivity (Wildman–Crippen MR) is 69.3 cm³/mol. The monoisotopic (exact) mass is 263 g/mol.